The van der Waals surface area contributed by atoms with E-state index < -0.39 is 11.6 Å². The average Bonchev–Trinajstić information content (AvgIpc) is 3.08. The molecule has 24 heavy (non-hydrogen) atoms. The first-order valence-corrected chi connectivity index (χ1v) is 7.91. The molecule has 8 heteroatoms. The van der Waals surface area contributed by atoms with E-state index >= 15 is 0 Å². The Labute approximate surface area is 138 Å². The largest absolute Gasteiger partial charge is 0.496 e. The Morgan fingerprint density at radius 2 is 2.25 bits per heavy atom. The smallest absolute Gasteiger partial charge is 0.167 e. The number of likely N-dealkylation sites (tertiary alicyclic amines) is 1. The van der Waals surface area contributed by atoms with E-state index in [2.05, 4.69) is 15.2 Å². The van der Waals surface area contributed by atoms with Gasteiger partial charge in [0.25, 0.3) is 0 Å². The highest BCUT2D eigenvalue weighted by atomic mass is 19.2. The SMILES string of the molecule is COc1ccc(F)c(F)c1CN1CC[C@@H]2OCc3cnnn3[C@@H]2C1. The maximum absolute atomic E-state index is 14.2. The number of hydrogen-bond donors (Lipinski definition) is 0. The molecular formula is C16H18F2N4O2. The zero-order chi connectivity index (χ0) is 16.7. The summed E-state index contributed by atoms with van der Waals surface area (Å²) in [6, 6.07) is 2.58. The molecule has 3 heterocycles. The number of ether oxygens (including phenoxy) is 2. The van der Waals surface area contributed by atoms with Gasteiger partial charge in [-0.3, -0.25) is 4.90 Å². The normalized spacial score (nSPS) is 23.6. The van der Waals surface area contributed by atoms with Gasteiger partial charge in [0.2, 0.25) is 0 Å². The minimum Gasteiger partial charge on any atom is -0.496 e. The van der Waals surface area contributed by atoms with Gasteiger partial charge in [-0.05, 0) is 18.6 Å². The molecule has 0 amide bonds. The van der Waals surface area contributed by atoms with Gasteiger partial charge in [-0.15, -0.1) is 5.10 Å². The lowest BCUT2D eigenvalue weighted by molar-refractivity contribution is -0.0671. The van der Waals surface area contributed by atoms with Crippen molar-refractivity contribution in [1.82, 2.24) is 19.9 Å². The Morgan fingerprint density at radius 3 is 3.08 bits per heavy atom. The summed E-state index contributed by atoms with van der Waals surface area (Å²) >= 11 is 0. The van der Waals surface area contributed by atoms with Crippen LogP contribution in [0.2, 0.25) is 0 Å². The molecule has 1 fully saturated rings. The number of benzene rings is 1. The fourth-order valence-electron chi connectivity index (χ4n) is 3.53. The number of rotatable bonds is 3. The van der Waals surface area contributed by atoms with E-state index in [0.29, 0.717) is 18.9 Å². The number of methoxy groups -OCH3 is 1. The second-order valence-corrected chi connectivity index (χ2v) is 6.15. The van der Waals surface area contributed by atoms with Crippen LogP contribution >= 0.6 is 0 Å². The first-order chi connectivity index (χ1) is 11.7. The van der Waals surface area contributed by atoms with Crippen molar-refractivity contribution >= 4 is 0 Å². The molecule has 0 radical (unpaired) electrons. The maximum atomic E-state index is 14.2. The number of nitrogens with zero attached hydrogens (tertiary/aromatic N) is 4. The molecule has 0 saturated carbocycles. The molecule has 2 aromatic rings. The van der Waals surface area contributed by atoms with E-state index in [1.54, 1.807) is 6.20 Å². The molecule has 2 atom stereocenters. The lowest BCUT2D eigenvalue weighted by Gasteiger charge is -2.41. The van der Waals surface area contributed by atoms with Crippen molar-refractivity contribution in [2.75, 3.05) is 20.2 Å². The summed E-state index contributed by atoms with van der Waals surface area (Å²) in [7, 11) is 1.46. The Kier molecular flexibility index (Phi) is 3.93. The van der Waals surface area contributed by atoms with Crippen LogP contribution in [0.15, 0.2) is 18.3 Å². The van der Waals surface area contributed by atoms with Crippen molar-refractivity contribution in [3.63, 3.8) is 0 Å². The van der Waals surface area contributed by atoms with Crippen LogP contribution in [0.5, 0.6) is 5.75 Å². The summed E-state index contributed by atoms with van der Waals surface area (Å²) < 4.78 is 40.7. The predicted molar refractivity (Wildman–Crippen MR) is 80.4 cm³/mol. The molecule has 0 unspecified atom stereocenters. The molecule has 1 aromatic heterocycles. The van der Waals surface area contributed by atoms with Crippen LogP contribution in [-0.2, 0) is 17.9 Å². The summed E-state index contributed by atoms with van der Waals surface area (Å²) in [5.74, 6) is -1.35. The van der Waals surface area contributed by atoms with Gasteiger partial charge in [-0.2, -0.15) is 0 Å². The quantitative estimate of drug-likeness (QED) is 0.857. The van der Waals surface area contributed by atoms with Crippen LogP contribution in [0.25, 0.3) is 0 Å². The lowest BCUT2D eigenvalue weighted by Crippen LogP contribution is -2.47. The molecule has 6 nitrogen and oxygen atoms in total. The van der Waals surface area contributed by atoms with Crippen LogP contribution in [0.3, 0.4) is 0 Å². The Hall–Kier alpha value is -2.06. The second-order valence-electron chi connectivity index (χ2n) is 6.15. The van der Waals surface area contributed by atoms with E-state index in [4.69, 9.17) is 9.47 Å². The summed E-state index contributed by atoms with van der Waals surface area (Å²) in [6.45, 7) is 2.17. The van der Waals surface area contributed by atoms with Gasteiger partial charge in [0.15, 0.2) is 11.6 Å². The Bertz CT molecular complexity index is 752. The molecule has 1 saturated heterocycles. The van der Waals surface area contributed by atoms with Gasteiger partial charge in [0, 0.05) is 25.2 Å². The maximum Gasteiger partial charge on any atom is 0.167 e. The third-order valence-corrected chi connectivity index (χ3v) is 4.77. The van der Waals surface area contributed by atoms with Crippen LogP contribution < -0.4 is 4.74 Å². The van der Waals surface area contributed by atoms with Gasteiger partial charge in [0.05, 0.1) is 37.8 Å². The first-order valence-electron chi connectivity index (χ1n) is 7.91. The summed E-state index contributed by atoms with van der Waals surface area (Å²) in [5.41, 5.74) is 1.18. The number of fused-ring (bicyclic) bond motifs is 3. The molecular weight excluding hydrogens is 318 g/mol. The highest BCUT2D eigenvalue weighted by Crippen LogP contribution is 2.32. The molecule has 0 aliphatic carbocycles. The third-order valence-electron chi connectivity index (χ3n) is 4.77. The molecule has 2 aliphatic rings. The van der Waals surface area contributed by atoms with Gasteiger partial charge >= 0.3 is 0 Å². The van der Waals surface area contributed by atoms with Crippen molar-refractivity contribution in [1.29, 1.82) is 0 Å². The van der Waals surface area contributed by atoms with Gasteiger partial charge in [-0.1, -0.05) is 5.21 Å². The predicted octanol–water partition coefficient (Wildman–Crippen LogP) is 1.91. The van der Waals surface area contributed by atoms with E-state index in [9.17, 15) is 8.78 Å². The number of halogens is 2. The Balaban J connectivity index is 1.57. The second kappa shape index (κ2) is 6.10. The molecule has 0 N–H and O–H groups in total. The minimum absolute atomic E-state index is 0.0348. The van der Waals surface area contributed by atoms with Crippen molar-refractivity contribution in [2.45, 2.75) is 31.7 Å². The van der Waals surface area contributed by atoms with Crippen molar-refractivity contribution in [3.8, 4) is 5.75 Å². The topological polar surface area (TPSA) is 52.4 Å². The lowest BCUT2D eigenvalue weighted by atomic mass is 9.99. The molecule has 4 rings (SSSR count). The van der Waals surface area contributed by atoms with E-state index in [0.717, 1.165) is 24.7 Å². The summed E-state index contributed by atoms with van der Waals surface area (Å²) in [6.07, 6.45) is 2.59. The van der Waals surface area contributed by atoms with E-state index in [-0.39, 0.29) is 24.3 Å². The monoisotopic (exact) mass is 336 g/mol. The van der Waals surface area contributed by atoms with Gasteiger partial charge < -0.3 is 9.47 Å². The van der Waals surface area contributed by atoms with Crippen LogP contribution in [0, 0.1) is 11.6 Å². The standard InChI is InChI=1S/C16H18F2N4O2/c1-23-14-3-2-12(17)16(18)11(14)7-21-5-4-15-13(8-21)22-10(9-24-15)6-19-20-22/h2-3,6,13,15H,4-5,7-9H2,1H3/t13-,15+/m1/s1. The van der Waals surface area contributed by atoms with E-state index in [1.165, 1.54) is 13.2 Å². The summed E-state index contributed by atoms with van der Waals surface area (Å²) in [4.78, 5) is 2.07. The van der Waals surface area contributed by atoms with E-state index in [1.807, 2.05) is 4.68 Å². The van der Waals surface area contributed by atoms with Gasteiger partial charge in [-0.25, -0.2) is 13.5 Å². The number of hydrogen-bond acceptors (Lipinski definition) is 5. The Morgan fingerprint density at radius 1 is 1.38 bits per heavy atom. The van der Waals surface area contributed by atoms with Crippen molar-refractivity contribution in [2.24, 2.45) is 0 Å². The number of aromatic nitrogens is 3. The fraction of sp³-hybridized carbons (Fsp3) is 0.500. The first kappa shape index (κ1) is 15.5. The average molecular weight is 336 g/mol. The molecule has 0 spiro atoms. The third kappa shape index (κ3) is 2.55. The van der Waals surface area contributed by atoms with Crippen molar-refractivity contribution < 1.29 is 18.3 Å². The molecule has 1 aromatic carbocycles. The van der Waals surface area contributed by atoms with Crippen molar-refractivity contribution in [3.05, 3.63) is 41.2 Å². The van der Waals surface area contributed by atoms with Crippen LogP contribution in [-0.4, -0.2) is 46.2 Å². The molecule has 128 valence electrons. The zero-order valence-corrected chi connectivity index (χ0v) is 13.3. The molecule has 0 bridgehead atoms. The zero-order valence-electron chi connectivity index (χ0n) is 13.3. The van der Waals surface area contributed by atoms with Crippen LogP contribution in [0.1, 0.15) is 23.7 Å². The number of piperidine rings is 1. The van der Waals surface area contributed by atoms with Gasteiger partial charge in [0.1, 0.15) is 5.75 Å². The highest BCUT2D eigenvalue weighted by molar-refractivity contribution is 5.35. The van der Waals surface area contributed by atoms with Crippen LogP contribution in [0.4, 0.5) is 8.78 Å². The summed E-state index contributed by atoms with van der Waals surface area (Å²) in [5, 5.41) is 8.09. The molecule has 2 aliphatic heterocycles. The fourth-order valence-corrected chi connectivity index (χ4v) is 3.53. The minimum atomic E-state index is -0.861. The highest BCUT2D eigenvalue weighted by Gasteiger charge is 2.36.